The van der Waals surface area contributed by atoms with Crippen molar-refractivity contribution in [2.24, 2.45) is 0 Å². The van der Waals surface area contributed by atoms with Gasteiger partial charge in [-0.05, 0) is 38.1 Å². The summed E-state index contributed by atoms with van der Waals surface area (Å²) in [6, 6.07) is 14.8. The molecule has 3 heterocycles. The average molecular weight is 349 g/mol. The van der Waals surface area contributed by atoms with Crippen molar-refractivity contribution in [1.82, 2.24) is 20.0 Å². The second-order valence-corrected chi connectivity index (χ2v) is 6.83. The molecule has 3 aromatic rings. The summed E-state index contributed by atoms with van der Waals surface area (Å²) in [5, 5.41) is 4.06. The molecule has 1 aliphatic heterocycles. The number of rotatable bonds is 4. The number of hydrogen-bond donors (Lipinski definition) is 0. The molecule has 2 aromatic heterocycles. The van der Waals surface area contributed by atoms with Crippen LogP contribution < -0.4 is 4.90 Å². The number of benzene rings is 1. The molecule has 26 heavy (non-hydrogen) atoms. The van der Waals surface area contributed by atoms with Crippen molar-refractivity contribution in [3.8, 4) is 11.5 Å². The van der Waals surface area contributed by atoms with Crippen LogP contribution in [-0.4, -0.2) is 45.7 Å². The van der Waals surface area contributed by atoms with Gasteiger partial charge in [-0.15, -0.1) is 0 Å². The Bertz CT molecular complexity index is 846. The fourth-order valence-electron chi connectivity index (χ4n) is 3.31. The van der Waals surface area contributed by atoms with Crippen LogP contribution in [0.3, 0.4) is 0 Å². The largest absolute Gasteiger partial charge is 0.369 e. The molecule has 1 aromatic carbocycles. The smallest absolute Gasteiger partial charge is 0.241 e. The van der Waals surface area contributed by atoms with E-state index in [9.17, 15) is 0 Å². The van der Waals surface area contributed by atoms with Gasteiger partial charge in [-0.2, -0.15) is 4.98 Å². The molecule has 134 valence electrons. The lowest BCUT2D eigenvalue weighted by atomic mass is 10.1. The second kappa shape index (κ2) is 7.25. The summed E-state index contributed by atoms with van der Waals surface area (Å²) >= 11 is 0. The topological polar surface area (TPSA) is 58.3 Å². The van der Waals surface area contributed by atoms with Gasteiger partial charge < -0.3 is 9.42 Å². The third kappa shape index (κ3) is 3.60. The number of pyridine rings is 1. The SMILES string of the molecule is Cc1ccc(N2CCN(Cc3nc(-c4ccccn4)no3)C(C)C2)cc1. The molecule has 0 amide bonds. The van der Waals surface area contributed by atoms with Crippen LogP contribution in [-0.2, 0) is 6.54 Å². The summed E-state index contributed by atoms with van der Waals surface area (Å²) in [7, 11) is 0. The van der Waals surface area contributed by atoms with Crippen LogP contribution >= 0.6 is 0 Å². The van der Waals surface area contributed by atoms with E-state index in [1.165, 1.54) is 11.3 Å². The highest BCUT2D eigenvalue weighted by atomic mass is 16.5. The second-order valence-electron chi connectivity index (χ2n) is 6.83. The molecule has 4 rings (SSSR count). The molecule has 1 fully saturated rings. The summed E-state index contributed by atoms with van der Waals surface area (Å²) in [5.41, 5.74) is 3.32. The molecular formula is C20H23N5O. The third-order valence-electron chi connectivity index (χ3n) is 4.86. The maximum atomic E-state index is 5.44. The minimum atomic E-state index is 0.412. The lowest BCUT2D eigenvalue weighted by Gasteiger charge is -2.40. The molecule has 0 spiro atoms. The van der Waals surface area contributed by atoms with Crippen molar-refractivity contribution < 1.29 is 4.52 Å². The third-order valence-corrected chi connectivity index (χ3v) is 4.86. The van der Waals surface area contributed by atoms with Crippen LogP contribution in [0.15, 0.2) is 53.2 Å². The van der Waals surface area contributed by atoms with Crippen LogP contribution in [0, 0.1) is 6.92 Å². The van der Waals surface area contributed by atoms with Gasteiger partial charge in [-0.1, -0.05) is 28.9 Å². The number of aromatic nitrogens is 3. The summed E-state index contributed by atoms with van der Waals surface area (Å²) in [6.07, 6.45) is 1.73. The number of aryl methyl sites for hydroxylation is 1. The van der Waals surface area contributed by atoms with E-state index in [2.05, 4.69) is 63.0 Å². The van der Waals surface area contributed by atoms with E-state index in [1.54, 1.807) is 6.20 Å². The highest BCUT2D eigenvalue weighted by Crippen LogP contribution is 2.21. The Labute approximate surface area is 153 Å². The van der Waals surface area contributed by atoms with Gasteiger partial charge in [0.25, 0.3) is 0 Å². The van der Waals surface area contributed by atoms with Gasteiger partial charge in [-0.25, -0.2) is 0 Å². The van der Waals surface area contributed by atoms with Crippen molar-refractivity contribution in [3.63, 3.8) is 0 Å². The molecule has 0 N–H and O–H groups in total. The lowest BCUT2D eigenvalue weighted by molar-refractivity contribution is 0.159. The quantitative estimate of drug-likeness (QED) is 0.721. The molecule has 1 atom stereocenters. The number of hydrogen-bond acceptors (Lipinski definition) is 6. The van der Waals surface area contributed by atoms with Crippen LogP contribution in [0.5, 0.6) is 0 Å². The first kappa shape index (κ1) is 16.7. The summed E-state index contributed by atoms with van der Waals surface area (Å²) in [4.78, 5) is 13.6. The van der Waals surface area contributed by atoms with Crippen LogP contribution in [0.25, 0.3) is 11.5 Å². The van der Waals surface area contributed by atoms with Crippen LogP contribution in [0.4, 0.5) is 5.69 Å². The van der Waals surface area contributed by atoms with E-state index < -0.39 is 0 Å². The maximum Gasteiger partial charge on any atom is 0.241 e. The van der Waals surface area contributed by atoms with Gasteiger partial charge in [0.2, 0.25) is 11.7 Å². The number of anilines is 1. The summed E-state index contributed by atoms with van der Waals surface area (Å²) in [5.74, 6) is 1.19. The Hall–Kier alpha value is -2.73. The first-order chi connectivity index (χ1) is 12.7. The molecule has 0 aliphatic carbocycles. The Kier molecular flexibility index (Phi) is 4.67. The fourth-order valence-corrected chi connectivity index (χ4v) is 3.31. The zero-order chi connectivity index (χ0) is 17.9. The predicted octanol–water partition coefficient (Wildman–Crippen LogP) is 3.15. The van der Waals surface area contributed by atoms with Crippen molar-refractivity contribution in [2.75, 3.05) is 24.5 Å². The fraction of sp³-hybridized carbons (Fsp3) is 0.350. The van der Waals surface area contributed by atoms with E-state index >= 15 is 0 Å². The van der Waals surface area contributed by atoms with Gasteiger partial charge in [0.05, 0.1) is 6.54 Å². The average Bonchev–Trinajstić information content (AvgIpc) is 3.13. The number of nitrogens with zero attached hydrogens (tertiary/aromatic N) is 5. The van der Waals surface area contributed by atoms with E-state index in [4.69, 9.17) is 4.52 Å². The van der Waals surface area contributed by atoms with Crippen LogP contribution in [0.2, 0.25) is 0 Å². The van der Waals surface area contributed by atoms with Gasteiger partial charge in [0.1, 0.15) is 5.69 Å². The standard InChI is InChI=1S/C20H23N5O/c1-15-6-8-17(9-7-15)25-12-11-24(16(2)13-25)14-19-22-20(23-26-19)18-5-3-4-10-21-18/h3-10,16H,11-14H2,1-2H3. The zero-order valence-corrected chi connectivity index (χ0v) is 15.2. The van der Waals surface area contributed by atoms with Crippen molar-refractivity contribution in [1.29, 1.82) is 0 Å². The molecule has 0 bridgehead atoms. The number of piperazine rings is 1. The molecule has 6 nitrogen and oxygen atoms in total. The molecule has 0 radical (unpaired) electrons. The van der Waals surface area contributed by atoms with Gasteiger partial charge in [0.15, 0.2) is 0 Å². The first-order valence-electron chi connectivity index (χ1n) is 8.99. The predicted molar refractivity (Wildman–Crippen MR) is 101 cm³/mol. The Morgan fingerprint density at radius 3 is 2.69 bits per heavy atom. The van der Waals surface area contributed by atoms with E-state index in [0.717, 1.165) is 25.3 Å². The van der Waals surface area contributed by atoms with Crippen molar-refractivity contribution in [3.05, 3.63) is 60.1 Å². The molecule has 1 aliphatic rings. The minimum absolute atomic E-state index is 0.412. The van der Waals surface area contributed by atoms with E-state index in [-0.39, 0.29) is 0 Å². The van der Waals surface area contributed by atoms with Crippen molar-refractivity contribution >= 4 is 5.69 Å². The molecule has 6 heteroatoms. The summed E-state index contributed by atoms with van der Waals surface area (Å²) < 4.78 is 5.44. The minimum Gasteiger partial charge on any atom is -0.369 e. The Morgan fingerprint density at radius 1 is 1.12 bits per heavy atom. The van der Waals surface area contributed by atoms with E-state index in [1.807, 2.05) is 18.2 Å². The zero-order valence-electron chi connectivity index (χ0n) is 15.2. The lowest BCUT2D eigenvalue weighted by Crippen LogP contribution is -2.51. The maximum absolute atomic E-state index is 5.44. The normalized spacial score (nSPS) is 18.2. The van der Waals surface area contributed by atoms with E-state index in [0.29, 0.717) is 24.3 Å². The molecular weight excluding hydrogens is 326 g/mol. The van der Waals surface area contributed by atoms with Crippen molar-refractivity contribution in [2.45, 2.75) is 26.4 Å². The molecule has 1 saturated heterocycles. The van der Waals surface area contributed by atoms with Gasteiger partial charge >= 0.3 is 0 Å². The highest BCUT2D eigenvalue weighted by Gasteiger charge is 2.25. The Morgan fingerprint density at radius 2 is 1.96 bits per heavy atom. The molecule has 0 saturated carbocycles. The first-order valence-corrected chi connectivity index (χ1v) is 8.99. The van der Waals surface area contributed by atoms with Crippen LogP contribution in [0.1, 0.15) is 18.4 Å². The monoisotopic (exact) mass is 349 g/mol. The molecule has 1 unspecified atom stereocenters. The van der Waals surface area contributed by atoms with Gasteiger partial charge in [-0.3, -0.25) is 9.88 Å². The highest BCUT2D eigenvalue weighted by molar-refractivity contribution is 5.48. The summed E-state index contributed by atoms with van der Waals surface area (Å²) in [6.45, 7) is 7.99. The van der Waals surface area contributed by atoms with Gasteiger partial charge in [0, 0.05) is 37.6 Å². The Balaban J connectivity index is 1.39.